The number of carbonyl (C=O) groups excluding carboxylic acids is 1. The van der Waals surface area contributed by atoms with E-state index in [0.29, 0.717) is 19.5 Å². The maximum absolute atomic E-state index is 12.5. The van der Waals surface area contributed by atoms with E-state index in [2.05, 4.69) is 0 Å². The zero-order valence-corrected chi connectivity index (χ0v) is 12.3. The van der Waals surface area contributed by atoms with Gasteiger partial charge in [0.25, 0.3) is 0 Å². The van der Waals surface area contributed by atoms with E-state index >= 15 is 0 Å². The molecule has 2 N–H and O–H groups in total. The highest BCUT2D eigenvalue weighted by Gasteiger charge is 2.51. The van der Waals surface area contributed by atoms with Crippen molar-refractivity contribution in [2.24, 2.45) is 23.2 Å². The molecule has 4 aliphatic carbocycles. The summed E-state index contributed by atoms with van der Waals surface area (Å²) >= 11 is 0. The minimum Gasteiger partial charge on any atom is -0.395 e. The average molecular weight is 281 g/mol. The molecule has 0 atom stereocenters. The molecular formula is C16H27NO3. The minimum atomic E-state index is -0.0212. The zero-order valence-electron chi connectivity index (χ0n) is 12.3. The Kier molecular flexibility index (Phi) is 4.04. The monoisotopic (exact) mass is 281 g/mol. The van der Waals surface area contributed by atoms with Gasteiger partial charge in [0.2, 0.25) is 5.91 Å². The summed E-state index contributed by atoms with van der Waals surface area (Å²) in [6.07, 6.45) is 8.51. The van der Waals surface area contributed by atoms with Crippen LogP contribution in [0.5, 0.6) is 0 Å². The fourth-order valence-electron chi connectivity index (χ4n) is 5.54. The van der Waals surface area contributed by atoms with E-state index in [1.54, 1.807) is 4.90 Å². The van der Waals surface area contributed by atoms with Crippen molar-refractivity contribution >= 4 is 5.91 Å². The SMILES string of the molecule is O=C(CC12CC3CC(CC(C3)C1)C2)N(CCO)CCO. The van der Waals surface area contributed by atoms with Crippen molar-refractivity contribution in [3.63, 3.8) is 0 Å². The largest absolute Gasteiger partial charge is 0.395 e. The van der Waals surface area contributed by atoms with E-state index in [9.17, 15) is 4.79 Å². The summed E-state index contributed by atoms with van der Waals surface area (Å²) in [5, 5.41) is 18.1. The first kappa shape index (κ1) is 14.3. The molecule has 0 aromatic carbocycles. The van der Waals surface area contributed by atoms with Crippen molar-refractivity contribution in [1.82, 2.24) is 4.90 Å². The lowest BCUT2D eigenvalue weighted by atomic mass is 9.49. The number of aliphatic hydroxyl groups excluding tert-OH is 2. The second kappa shape index (κ2) is 5.64. The van der Waals surface area contributed by atoms with Crippen LogP contribution in [0.1, 0.15) is 44.9 Å². The van der Waals surface area contributed by atoms with E-state index in [-0.39, 0.29) is 24.5 Å². The molecule has 4 aliphatic rings. The third kappa shape index (κ3) is 2.73. The molecule has 0 radical (unpaired) electrons. The Morgan fingerprint density at radius 2 is 1.40 bits per heavy atom. The second-order valence-corrected chi connectivity index (χ2v) is 7.42. The molecule has 0 aromatic heterocycles. The molecule has 0 aliphatic heterocycles. The lowest BCUT2D eigenvalue weighted by Gasteiger charge is -2.57. The van der Waals surface area contributed by atoms with Crippen LogP contribution in [0.15, 0.2) is 0 Å². The number of carbonyl (C=O) groups is 1. The van der Waals surface area contributed by atoms with Gasteiger partial charge < -0.3 is 15.1 Å². The van der Waals surface area contributed by atoms with Crippen molar-refractivity contribution < 1.29 is 15.0 Å². The van der Waals surface area contributed by atoms with Crippen LogP contribution in [-0.2, 0) is 4.79 Å². The van der Waals surface area contributed by atoms with Crippen LogP contribution in [0.4, 0.5) is 0 Å². The molecule has 0 unspecified atom stereocenters. The van der Waals surface area contributed by atoms with Crippen molar-refractivity contribution in [2.75, 3.05) is 26.3 Å². The van der Waals surface area contributed by atoms with E-state index in [1.165, 1.54) is 38.5 Å². The number of hydrogen-bond acceptors (Lipinski definition) is 3. The van der Waals surface area contributed by atoms with Gasteiger partial charge in [-0.25, -0.2) is 0 Å². The highest BCUT2D eigenvalue weighted by atomic mass is 16.3. The molecule has 4 fully saturated rings. The summed E-state index contributed by atoms with van der Waals surface area (Å²) in [4.78, 5) is 14.1. The van der Waals surface area contributed by atoms with E-state index in [0.717, 1.165) is 17.8 Å². The van der Waals surface area contributed by atoms with Crippen LogP contribution in [0, 0.1) is 23.2 Å². The lowest BCUT2D eigenvalue weighted by Crippen LogP contribution is -2.49. The molecule has 0 aromatic rings. The highest BCUT2D eigenvalue weighted by Crippen LogP contribution is 2.61. The number of nitrogens with zero attached hydrogens (tertiary/aromatic N) is 1. The first-order valence-electron chi connectivity index (χ1n) is 8.13. The predicted molar refractivity (Wildman–Crippen MR) is 76.0 cm³/mol. The molecule has 1 amide bonds. The average Bonchev–Trinajstić information content (AvgIpc) is 2.36. The van der Waals surface area contributed by atoms with Crippen molar-refractivity contribution in [3.8, 4) is 0 Å². The van der Waals surface area contributed by atoms with Crippen LogP contribution in [0.3, 0.4) is 0 Å². The van der Waals surface area contributed by atoms with Gasteiger partial charge in [0.1, 0.15) is 0 Å². The predicted octanol–water partition coefficient (Wildman–Crippen LogP) is 1.41. The number of rotatable bonds is 6. The summed E-state index contributed by atoms with van der Waals surface area (Å²) in [6.45, 7) is 0.663. The van der Waals surface area contributed by atoms with Gasteiger partial charge in [-0.1, -0.05) is 0 Å². The fraction of sp³-hybridized carbons (Fsp3) is 0.938. The minimum absolute atomic E-state index is 0.0212. The topological polar surface area (TPSA) is 60.8 Å². The van der Waals surface area contributed by atoms with Crippen molar-refractivity contribution in [1.29, 1.82) is 0 Å². The Labute approximate surface area is 121 Å². The summed E-state index contributed by atoms with van der Waals surface area (Å²) < 4.78 is 0. The molecule has 114 valence electrons. The van der Waals surface area contributed by atoms with Gasteiger partial charge in [0.15, 0.2) is 0 Å². The molecule has 0 spiro atoms. The molecule has 4 heteroatoms. The van der Waals surface area contributed by atoms with Crippen LogP contribution in [0.25, 0.3) is 0 Å². The van der Waals surface area contributed by atoms with Gasteiger partial charge in [-0.05, 0) is 61.7 Å². The fourth-order valence-corrected chi connectivity index (χ4v) is 5.54. The highest BCUT2D eigenvalue weighted by molar-refractivity contribution is 5.77. The van der Waals surface area contributed by atoms with Gasteiger partial charge in [0, 0.05) is 19.5 Å². The van der Waals surface area contributed by atoms with Gasteiger partial charge in [-0.3, -0.25) is 4.79 Å². The Morgan fingerprint density at radius 3 is 1.80 bits per heavy atom. The first-order chi connectivity index (χ1) is 9.64. The molecule has 4 rings (SSSR count). The van der Waals surface area contributed by atoms with Crippen LogP contribution >= 0.6 is 0 Å². The normalized spacial score (nSPS) is 38.2. The lowest BCUT2D eigenvalue weighted by molar-refractivity contribution is -0.140. The molecular weight excluding hydrogens is 254 g/mol. The number of aliphatic hydroxyl groups is 2. The van der Waals surface area contributed by atoms with Gasteiger partial charge in [0.05, 0.1) is 13.2 Å². The maximum Gasteiger partial charge on any atom is 0.223 e. The Hall–Kier alpha value is -0.610. The zero-order chi connectivity index (χ0) is 14.2. The van der Waals surface area contributed by atoms with E-state index < -0.39 is 0 Å². The molecule has 0 saturated heterocycles. The third-order valence-corrected chi connectivity index (χ3v) is 5.78. The van der Waals surface area contributed by atoms with Crippen LogP contribution < -0.4 is 0 Å². The quantitative estimate of drug-likeness (QED) is 0.774. The summed E-state index contributed by atoms with van der Waals surface area (Å²) in [5.41, 5.74) is 0.245. The van der Waals surface area contributed by atoms with E-state index in [4.69, 9.17) is 10.2 Å². The van der Waals surface area contributed by atoms with E-state index in [1.807, 2.05) is 0 Å². The van der Waals surface area contributed by atoms with Crippen LogP contribution in [0.2, 0.25) is 0 Å². The number of amides is 1. The molecule has 4 saturated carbocycles. The summed E-state index contributed by atoms with van der Waals surface area (Å²) in [5.74, 6) is 2.71. The first-order valence-corrected chi connectivity index (χ1v) is 8.13. The Bertz CT molecular complexity index is 327. The summed E-state index contributed by atoms with van der Waals surface area (Å²) in [7, 11) is 0. The molecule has 20 heavy (non-hydrogen) atoms. The van der Waals surface area contributed by atoms with Crippen molar-refractivity contribution in [3.05, 3.63) is 0 Å². The Balaban J connectivity index is 1.65. The van der Waals surface area contributed by atoms with Gasteiger partial charge >= 0.3 is 0 Å². The smallest absolute Gasteiger partial charge is 0.223 e. The van der Waals surface area contributed by atoms with Crippen LogP contribution in [-0.4, -0.2) is 47.3 Å². The van der Waals surface area contributed by atoms with Gasteiger partial charge in [-0.15, -0.1) is 0 Å². The van der Waals surface area contributed by atoms with Crippen molar-refractivity contribution in [2.45, 2.75) is 44.9 Å². The molecule has 0 heterocycles. The number of hydrogen-bond donors (Lipinski definition) is 2. The second-order valence-electron chi connectivity index (χ2n) is 7.42. The van der Waals surface area contributed by atoms with Gasteiger partial charge in [-0.2, -0.15) is 0 Å². The Morgan fingerprint density at radius 1 is 0.950 bits per heavy atom. The standard InChI is InChI=1S/C16H27NO3/c18-3-1-17(2-4-19)15(20)11-16-8-12-5-13(9-16)7-14(6-12)10-16/h12-14,18-19H,1-11H2. The maximum atomic E-state index is 12.5. The third-order valence-electron chi connectivity index (χ3n) is 5.78. The molecule has 4 bridgehead atoms. The summed E-state index contributed by atoms with van der Waals surface area (Å²) in [6, 6.07) is 0. The molecule has 4 nitrogen and oxygen atoms in total.